The van der Waals surface area contributed by atoms with Gasteiger partial charge in [0.05, 0.1) is 18.3 Å². The Hall–Kier alpha value is -0.940. The molecule has 72 valence electrons. The number of aryl methyl sites for hydroxylation is 1. The molecule has 13 heavy (non-hydrogen) atoms. The zero-order chi connectivity index (χ0) is 9.26. The van der Waals surface area contributed by atoms with Gasteiger partial charge in [0.1, 0.15) is 5.69 Å². The van der Waals surface area contributed by atoms with E-state index < -0.39 is 0 Å². The molecule has 2 rings (SSSR count). The standard InChI is InChI=1S/C8H14N4O/c1-12-10-5-6(11-12)8(9)7-3-2-4-13-7/h5,7-8H,2-4,9H2,1H3. The molecule has 1 saturated heterocycles. The molecule has 2 N–H and O–H groups in total. The minimum Gasteiger partial charge on any atom is -0.376 e. The predicted octanol–water partition coefficient (Wildman–Crippen LogP) is -0.00610. The van der Waals surface area contributed by atoms with Gasteiger partial charge in [-0.3, -0.25) is 0 Å². The first-order valence-electron chi connectivity index (χ1n) is 4.51. The van der Waals surface area contributed by atoms with Crippen LogP contribution in [0.4, 0.5) is 0 Å². The van der Waals surface area contributed by atoms with Gasteiger partial charge in [-0.2, -0.15) is 15.0 Å². The highest BCUT2D eigenvalue weighted by molar-refractivity contribution is 5.02. The maximum atomic E-state index is 5.97. The van der Waals surface area contributed by atoms with Crippen LogP contribution >= 0.6 is 0 Å². The maximum absolute atomic E-state index is 5.97. The number of nitrogens with zero attached hydrogens (tertiary/aromatic N) is 3. The van der Waals surface area contributed by atoms with Crippen molar-refractivity contribution in [3.63, 3.8) is 0 Å². The molecule has 1 aliphatic rings. The summed E-state index contributed by atoms with van der Waals surface area (Å²) < 4.78 is 5.48. The monoisotopic (exact) mass is 182 g/mol. The third-order valence-electron chi connectivity index (χ3n) is 2.32. The van der Waals surface area contributed by atoms with Crippen molar-refractivity contribution in [2.75, 3.05) is 6.61 Å². The third-order valence-corrected chi connectivity index (χ3v) is 2.32. The van der Waals surface area contributed by atoms with E-state index in [-0.39, 0.29) is 12.1 Å². The summed E-state index contributed by atoms with van der Waals surface area (Å²) in [6.07, 6.45) is 3.94. The number of nitrogens with two attached hydrogens (primary N) is 1. The van der Waals surface area contributed by atoms with Gasteiger partial charge in [-0.1, -0.05) is 0 Å². The molecule has 5 heteroatoms. The van der Waals surface area contributed by atoms with Crippen molar-refractivity contribution in [2.24, 2.45) is 12.8 Å². The molecule has 0 amide bonds. The molecule has 1 aliphatic heterocycles. The first-order chi connectivity index (χ1) is 6.27. The Labute approximate surface area is 76.9 Å². The van der Waals surface area contributed by atoms with Crippen LogP contribution in [0.3, 0.4) is 0 Å². The summed E-state index contributed by atoms with van der Waals surface area (Å²) >= 11 is 0. The van der Waals surface area contributed by atoms with Crippen molar-refractivity contribution in [1.82, 2.24) is 15.0 Å². The molecule has 0 aliphatic carbocycles. The van der Waals surface area contributed by atoms with E-state index in [1.807, 2.05) is 0 Å². The molecule has 1 aromatic rings. The van der Waals surface area contributed by atoms with E-state index in [0.29, 0.717) is 0 Å². The average Bonchev–Trinajstić information content (AvgIpc) is 2.72. The molecule has 1 fully saturated rings. The Kier molecular flexibility index (Phi) is 2.28. The molecule has 0 spiro atoms. The van der Waals surface area contributed by atoms with Gasteiger partial charge in [-0.05, 0) is 12.8 Å². The second kappa shape index (κ2) is 3.43. The third kappa shape index (κ3) is 1.71. The van der Waals surface area contributed by atoms with Gasteiger partial charge >= 0.3 is 0 Å². The molecule has 0 radical (unpaired) electrons. The van der Waals surface area contributed by atoms with Crippen LogP contribution in [0.2, 0.25) is 0 Å². The summed E-state index contributed by atoms with van der Waals surface area (Å²) in [4.78, 5) is 1.52. The number of hydrogen-bond donors (Lipinski definition) is 1. The lowest BCUT2D eigenvalue weighted by Crippen LogP contribution is -2.26. The Balaban J connectivity index is 2.07. The van der Waals surface area contributed by atoms with Crippen molar-refractivity contribution >= 4 is 0 Å². The van der Waals surface area contributed by atoms with Crippen LogP contribution in [-0.4, -0.2) is 27.7 Å². The van der Waals surface area contributed by atoms with Crippen molar-refractivity contribution < 1.29 is 4.74 Å². The fourth-order valence-electron chi connectivity index (χ4n) is 1.59. The summed E-state index contributed by atoms with van der Waals surface area (Å²) in [5, 5.41) is 8.13. The first kappa shape index (κ1) is 8.65. The minimum atomic E-state index is -0.129. The van der Waals surface area contributed by atoms with Crippen LogP contribution in [0.15, 0.2) is 6.20 Å². The summed E-state index contributed by atoms with van der Waals surface area (Å²) in [5.41, 5.74) is 6.79. The lowest BCUT2D eigenvalue weighted by molar-refractivity contribution is 0.0888. The van der Waals surface area contributed by atoms with E-state index in [2.05, 4.69) is 10.2 Å². The zero-order valence-corrected chi connectivity index (χ0v) is 7.68. The second-order valence-corrected chi connectivity index (χ2v) is 3.34. The highest BCUT2D eigenvalue weighted by atomic mass is 16.5. The van der Waals surface area contributed by atoms with E-state index in [0.717, 1.165) is 25.1 Å². The van der Waals surface area contributed by atoms with Crippen LogP contribution in [0, 0.1) is 0 Å². The number of aromatic nitrogens is 3. The van der Waals surface area contributed by atoms with Crippen LogP contribution in [-0.2, 0) is 11.8 Å². The molecule has 2 heterocycles. The Morgan fingerprint density at radius 3 is 3.15 bits per heavy atom. The van der Waals surface area contributed by atoms with Crippen LogP contribution < -0.4 is 5.73 Å². The van der Waals surface area contributed by atoms with Gasteiger partial charge in [-0.15, -0.1) is 0 Å². The van der Waals surface area contributed by atoms with Crippen LogP contribution in [0.1, 0.15) is 24.6 Å². The van der Waals surface area contributed by atoms with Gasteiger partial charge in [-0.25, -0.2) is 0 Å². The van der Waals surface area contributed by atoms with Crippen LogP contribution in [0.25, 0.3) is 0 Å². The van der Waals surface area contributed by atoms with Gasteiger partial charge in [0.2, 0.25) is 0 Å². The predicted molar refractivity (Wildman–Crippen MR) is 46.9 cm³/mol. The van der Waals surface area contributed by atoms with Gasteiger partial charge in [0, 0.05) is 13.7 Å². The second-order valence-electron chi connectivity index (χ2n) is 3.34. The van der Waals surface area contributed by atoms with Gasteiger partial charge in [0.15, 0.2) is 0 Å². The zero-order valence-electron chi connectivity index (χ0n) is 7.68. The quantitative estimate of drug-likeness (QED) is 0.698. The van der Waals surface area contributed by atoms with E-state index in [4.69, 9.17) is 10.5 Å². The van der Waals surface area contributed by atoms with E-state index >= 15 is 0 Å². The smallest absolute Gasteiger partial charge is 0.102 e. The number of rotatable bonds is 2. The van der Waals surface area contributed by atoms with Gasteiger partial charge < -0.3 is 10.5 Å². The fourth-order valence-corrected chi connectivity index (χ4v) is 1.59. The minimum absolute atomic E-state index is 0.122. The molecule has 1 aromatic heterocycles. The van der Waals surface area contributed by atoms with Crippen LogP contribution in [0.5, 0.6) is 0 Å². The van der Waals surface area contributed by atoms with Gasteiger partial charge in [0.25, 0.3) is 0 Å². The first-order valence-corrected chi connectivity index (χ1v) is 4.51. The summed E-state index contributed by atoms with van der Waals surface area (Å²) in [6.45, 7) is 0.818. The molecule has 5 nitrogen and oxygen atoms in total. The molecular weight excluding hydrogens is 168 g/mol. The molecule has 0 aromatic carbocycles. The molecule has 0 bridgehead atoms. The number of ether oxygens (including phenoxy) is 1. The summed E-state index contributed by atoms with van der Waals surface area (Å²) in [6, 6.07) is -0.129. The largest absolute Gasteiger partial charge is 0.376 e. The summed E-state index contributed by atoms with van der Waals surface area (Å²) in [5.74, 6) is 0. The van der Waals surface area contributed by atoms with E-state index in [9.17, 15) is 0 Å². The van der Waals surface area contributed by atoms with Crippen molar-refractivity contribution in [3.05, 3.63) is 11.9 Å². The average molecular weight is 182 g/mol. The molecular formula is C8H14N4O. The topological polar surface area (TPSA) is 66.0 Å². The molecule has 2 unspecified atom stereocenters. The van der Waals surface area contributed by atoms with E-state index in [1.54, 1.807) is 13.2 Å². The lowest BCUT2D eigenvalue weighted by atomic mass is 10.1. The van der Waals surface area contributed by atoms with Crippen molar-refractivity contribution in [2.45, 2.75) is 25.0 Å². The van der Waals surface area contributed by atoms with Crippen molar-refractivity contribution in [1.29, 1.82) is 0 Å². The fraction of sp³-hybridized carbons (Fsp3) is 0.750. The van der Waals surface area contributed by atoms with E-state index in [1.165, 1.54) is 4.80 Å². The summed E-state index contributed by atoms with van der Waals surface area (Å²) in [7, 11) is 1.78. The highest BCUT2D eigenvalue weighted by Gasteiger charge is 2.25. The Morgan fingerprint density at radius 1 is 1.77 bits per heavy atom. The normalized spacial score (nSPS) is 24.9. The Bertz CT molecular complexity index is 279. The lowest BCUT2D eigenvalue weighted by Gasteiger charge is -2.15. The Morgan fingerprint density at radius 2 is 2.62 bits per heavy atom. The molecule has 2 atom stereocenters. The maximum Gasteiger partial charge on any atom is 0.102 e. The molecule has 0 saturated carbocycles. The number of hydrogen-bond acceptors (Lipinski definition) is 4. The highest BCUT2D eigenvalue weighted by Crippen LogP contribution is 2.22. The van der Waals surface area contributed by atoms with Crippen molar-refractivity contribution in [3.8, 4) is 0 Å². The SMILES string of the molecule is Cn1ncc(C(N)C2CCCO2)n1.